The topological polar surface area (TPSA) is 55.4 Å². The lowest BCUT2D eigenvalue weighted by atomic mass is 9.71. The number of ether oxygens (including phenoxy) is 6. The molecule has 60 heavy (non-hydrogen) atoms. The van der Waals surface area contributed by atoms with Crippen molar-refractivity contribution in [3.8, 4) is 46.0 Å². The zero-order chi connectivity index (χ0) is 40.1. The molecule has 0 aromatic heterocycles. The molecule has 4 fully saturated rings. The fourth-order valence-corrected chi connectivity index (χ4v) is 11.2. The van der Waals surface area contributed by atoms with Crippen LogP contribution in [0.25, 0.3) is 0 Å². The van der Waals surface area contributed by atoms with Crippen LogP contribution in [0.5, 0.6) is 46.0 Å². The molecule has 0 bridgehead atoms. The molecule has 2 heterocycles. The molecule has 4 aliphatic carbocycles. The summed E-state index contributed by atoms with van der Waals surface area (Å²) in [7, 11) is 0. The summed E-state index contributed by atoms with van der Waals surface area (Å²) in [4.78, 5) is 0. The average molecular weight is 811 g/mol. The summed E-state index contributed by atoms with van der Waals surface area (Å²) in [6.45, 7) is 0. The van der Waals surface area contributed by atoms with Crippen LogP contribution in [0.15, 0.2) is 72.8 Å². The first-order chi connectivity index (χ1) is 29.7. The van der Waals surface area contributed by atoms with E-state index in [0.29, 0.717) is 0 Å². The van der Waals surface area contributed by atoms with E-state index in [9.17, 15) is 0 Å². The quantitative estimate of drug-likeness (QED) is 0.157. The Morgan fingerprint density at radius 1 is 0.283 bits per heavy atom. The van der Waals surface area contributed by atoms with Gasteiger partial charge in [-0.25, -0.2) is 0 Å². The molecule has 2 aliphatic heterocycles. The second kappa shape index (κ2) is 18.7. The third-order valence-electron chi connectivity index (χ3n) is 14.5. The lowest BCUT2D eigenvalue weighted by Gasteiger charge is -2.38. The van der Waals surface area contributed by atoms with Gasteiger partial charge in [-0.3, -0.25) is 0 Å². The molecular weight excluding hydrogens is 745 g/mol. The van der Waals surface area contributed by atoms with E-state index >= 15 is 0 Å². The van der Waals surface area contributed by atoms with E-state index in [1.165, 1.54) is 103 Å². The highest BCUT2D eigenvalue weighted by Crippen LogP contribution is 2.59. The van der Waals surface area contributed by atoms with Gasteiger partial charge < -0.3 is 28.4 Å². The molecule has 0 atom stereocenters. The zero-order valence-corrected chi connectivity index (χ0v) is 35.8. The van der Waals surface area contributed by atoms with Crippen LogP contribution in [0.4, 0.5) is 0 Å². The van der Waals surface area contributed by atoms with Gasteiger partial charge in [0.2, 0.25) is 0 Å². The Kier molecular flexibility index (Phi) is 12.4. The number of benzene rings is 4. The monoisotopic (exact) mass is 810 g/mol. The minimum absolute atomic E-state index is 0.0498. The van der Waals surface area contributed by atoms with Gasteiger partial charge in [0.25, 0.3) is 0 Å². The molecular formula is C54H66O6. The molecule has 4 aromatic carbocycles. The fraction of sp³-hybridized carbons (Fsp3) is 0.556. The summed E-state index contributed by atoms with van der Waals surface area (Å²) in [5.41, 5.74) is 4.65. The fourth-order valence-electron chi connectivity index (χ4n) is 11.2. The molecule has 0 unspecified atom stereocenters. The normalized spacial score (nSPS) is 21.3. The van der Waals surface area contributed by atoms with E-state index in [1.807, 2.05) is 0 Å². The van der Waals surface area contributed by atoms with Crippen LogP contribution < -0.4 is 28.4 Å². The van der Waals surface area contributed by atoms with Gasteiger partial charge in [-0.2, -0.15) is 0 Å². The summed E-state index contributed by atoms with van der Waals surface area (Å²) >= 11 is 0. The summed E-state index contributed by atoms with van der Waals surface area (Å²) in [5, 5.41) is 0. The Morgan fingerprint density at radius 3 is 0.717 bits per heavy atom. The predicted molar refractivity (Wildman–Crippen MR) is 238 cm³/mol. The highest BCUT2D eigenvalue weighted by Gasteiger charge is 2.41. The van der Waals surface area contributed by atoms with Crippen LogP contribution in [0, 0.1) is 0 Å². The molecule has 0 saturated heterocycles. The third-order valence-corrected chi connectivity index (χ3v) is 14.5. The molecule has 318 valence electrons. The molecule has 4 aromatic rings. The number of hydrogen-bond donors (Lipinski definition) is 0. The van der Waals surface area contributed by atoms with E-state index in [4.69, 9.17) is 28.4 Å². The van der Waals surface area contributed by atoms with Gasteiger partial charge in [0.05, 0.1) is 24.4 Å². The van der Waals surface area contributed by atoms with E-state index in [2.05, 4.69) is 72.8 Å². The molecule has 0 amide bonds. The molecule has 0 N–H and O–H groups in total. The molecule has 0 spiro atoms. The number of rotatable bonds is 9. The zero-order valence-electron chi connectivity index (χ0n) is 35.8. The molecule has 4 saturated carbocycles. The summed E-state index contributed by atoms with van der Waals surface area (Å²) < 4.78 is 40.9. The Hall–Kier alpha value is -4.32. The number of hydrogen-bond acceptors (Lipinski definition) is 6. The van der Waals surface area contributed by atoms with E-state index in [1.54, 1.807) is 0 Å². The molecule has 6 nitrogen and oxygen atoms in total. The Morgan fingerprint density at radius 2 is 0.500 bits per heavy atom. The first-order valence-electron chi connectivity index (χ1n) is 24.3. The van der Waals surface area contributed by atoms with Crippen molar-refractivity contribution in [3.05, 3.63) is 95.1 Å². The summed E-state index contributed by atoms with van der Waals surface area (Å²) in [6, 6.07) is 26.4. The maximum Gasteiger partial charge on any atom is 0.134 e. The van der Waals surface area contributed by atoms with Gasteiger partial charge in [0, 0.05) is 58.4 Å². The van der Waals surface area contributed by atoms with Crippen molar-refractivity contribution in [3.63, 3.8) is 0 Å². The van der Waals surface area contributed by atoms with E-state index in [0.717, 1.165) is 120 Å². The summed E-state index contributed by atoms with van der Waals surface area (Å²) in [6.07, 6.45) is 30.1. The van der Waals surface area contributed by atoms with E-state index in [-0.39, 0.29) is 36.3 Å². The predicted octanol–water partition coefficient (Wildman–Crippen LogP) is 15.3. The van der Waals surface area contributed by atoms with Gasteiger partial charge in [0.1, 0.15) is 46.0 Å². The van der Waals surface area contributed by atoms with Crippen LogP contribution in [-0.4, -0.2) is 24.4 Å². The lowest BCUT2D eigenvalue weighted by Crippen LogP contribution is -2.23. The minimum atomic E-state index is -0.0498. The van der Waals surface area contributed by atoms with E-state index < -0.39 is 0 Å². The smallest absolute Gasteiger partial charge is 0.134 e. The largest absolute Gasteiger partial charge is 0.490 e. The molecule has 6 aliphatic rings. The van der Waals surface area contributed by atoms with Crippen LogP contribution >= 0.6 is 0 Å². The first kappa shape index (κ1) is 39.8. The van der Waals surface area contributed by atoms with Crippen LogP contribution in [0.3, 0.4) is 0 Å². The average Bonchev–Trinajstić information content (AvgIpc) is 3.88. The van der Waals surface area contributed by atoms with Crippen molar-refractivity contribution in [1.29, 1.82) is 0 Å². The highest BCUT2D eigenvalue weighted by atomic mass is 16.5. The Labute approximate surface area is 358 Å². The van der Waals surface area contributed by atoms with Gasteiger partial charge in [-0.1, -0.05) is 75.6 Å². The van der Waals surface area contributed by atoms with Gasteiger partial charge in [-0.15, -0.1) is 0 Å². The first-order valence-corrected chi connectivity index (χ1v) is 24.3. The number of fused-ring (bicyclic) bond motifs is 4. The van der Waals surface area contributed by atoms with Crippen molar-refractivity contribution in [2.24, 2.45) is 0 Å². The summed E-state index contributed by atoms with van der Waals surface area (Å²) in [5.74, 6) is 6.91. The third kappa shape index (κ3) is 9.14. The molecule has 10 rings (SSSR count). The van der Waals surface area contributed by atoms with Crippen molar-refractivity contribution in [2.75, 3.05) is 0 Å². The van der Waals surface area contributed by atoms with Crippen LogP contribution in [-0.2, 0) is 0 Å². The van der Waals surface area contributed by atoms with Gasteiger partial charge in [0.15, 0.2) is 0 Å². The van der Waals surface area contributed by atoms with Crippen LogP contribution in [0.2, 0.25) is 0 Å². The standard InChI is InChI=1S/C54H66O6/c1-2-10-18-37(17-9-1)55-41-25-29-45-49(33-41)59-50-34-42(56-38-19-11-3-4-12-20-38)26-30-46(50)53(45)54-47-31-27-43(57-39-21-13-5-6-14-22-39)35-51(47)60-52-36-44(28-32-48(52)54)58-40-23-15-7-8-16-24-40/h25-40,53-54H,1-24H2. The highest BCUT2D eigenvalue weighted by molar-refractivity contribution is 5.65. The van der Waals surface area contributed by atoms with Crippen molar-refractivity contribution in [1.82, 2.24) is 0 Å². The SMILES string of the molecule is c1cc2c(cc1OC1CCCCCC1)Oc1cc(OC3CCCCCC3)ccc1C2C1c2ccc(OC3CCCCCC3)cc2Oc2cc(OC3CCCCCC3)ccc21. The second-order valence-electron chi connectivity index (χ2n) is 18.9. The Bertz CT molecular complexity index is 1750. The van der Waals surface area contributed by atoms with Gasteiger partial charge >= 0.3 is 0 Å². The molecule has 6 heteroatoms. The second-order valence-corrected chi connectivity index (χ2v) is 18.9. The molecule has 0 radical (unpaired) electrons. The maximum atomic E-state index is 6.98. The van der Waals surface area contributed by atoms with Crippen LogP contribution in [0.1, 0.15) is 188 Å². The Balaban J connectivity index is 1.05. The van der Waals surface area contributed by atoms with Gasteiger partial charge in [-0.05, 0) is 127 Å². The van der Waals surface area contributed by atoms with Crippen molar-refractivity contribution >= 4 is 0 Å². The van der Waals surface area contributed by atoms with Crippen molar-refractivity contribution in [2.45, 2.75) is 190 Å². The van der Waals surface area contributed by atoms with Crippen molar-refractivity contribution < 1.29 is 28.4 Å². The lowest BCUT2D eigenvalue weighted by molar-refractivity contribution is 0.182. The minimum Gasteiger partial charge on any atom is -0.490 e. The maximum absolute atomic E-state index is 6.98.